The van der Waals surface area contributed by atoms with E-state index in [1.54, 1.807) is 0 Å². The van der Waals surface area contributed by atoms with Gasteiger partial charge in [0.1, 0.15) is 0 Å². The molecule has 0 amide bonds. The monoisotopic (exact) mass is 252 g/mol. The zero-order valence-corrected chi connectivity index (χ0v) is 11.3. The maximum absolute atomic E-state index is 10.9. The summed E-state index contributed by atoms with van der Waals surface area (Å²) in [5.74, 6) is 0.931. The lowest BCUT2D eigenvalue weighted by Crippen LogP contribution is -2.54. The van der Waals surface area contributed by atoms with Gasteiger partial charge < -0.3 is 14.6 Å². The molecule has 2 unspecified atom stereocenters. The van der Waals surface area contributed by atoms with Crippen LogP contribution in [0.25, 0.3) is 0 Å². The van der Waals surface area contributed by atoms with E-state index in [1.807, 2.05) is 0 Å². The van der Waals surface area contributed by atoms with Crippen molar-refractivity contribution in [1.82, 2.24) is 0 Å². The zero-order valence-electron chi connectivity index (χ0n) is 11.3. The molecular formula is C15H24O3. The van der Waals surface area contributed by atoms with Gasteiger partial charge >= 0.3 is 0 Å². The van der Waals surface area contributed by atoms with Gasteiger partial charge in [0.05, 0.1) is 18.8 Å². The molecule has 4 atom stereocenters. The Hall–Kier alpha value is -0.120. The third kappa shape index (κ3) is 1.26. The van der Waals surface area contributed by atoms with Crippen LogP contribution in [0.3, 0.4) is 0 Å². The summed E-state index contributed by atoms with van der Waals surface area (Å²) in [4.78, 5) is 0. The Balaban J connectivity index is 1.69. The zero-order chi connectivity index (χ0) is 12.4. The summed E-state index contributed by atoms with van der Waals surface area (Å²) in [6.07, 6.45) is 7.85. The molecule has 1 aliphatic heterocycles. The van der Waals surface area contributed by atoms with E-state index in [1.165, 1.54) is 19.3 Å². The molecule has 4 rings (SSSR count). The van der Waals surface area contributed by atoms with Gasteiger partial charge in [-0.1, -0.05) is 6.42 Å². The molecule has 18 heavy (non-hydrogen) atoms. The molecule has 3 saturated carbocycles. The number of fused-ring (bicyclic) bond motifs is 2. The van der Waals surface area contributed by atoms with E-state index in [4.69, 9.17) is 9.47 Å². The van der Waals surface area contributed by atoms with E-state index < -0.39 is 5.60 Å². The van der Waals surface area contributed by atoms with Crippen molar-refractivity contribution in [3.8, 4) is 0 Å². The second kappa shape index (κ2) is 3.50. The Morgan fingerprint density at radius 3 is 2.61 bits per heavy atom. The van der Waals surface area contributed by atoms with E-state index in [2.05, 4.69) is 6.92 Å². The molecule has 2 spiro atoms. The molecule has 4 aliphatic rings. The van der Waals surface area contributed by atoms with Crippen LogP contribution in [0.4, 0.5) is 0 Å². The van der Waals surface area contributed by atoms with Crippen molar-refractivity contribution in [2.45, 2.75) is 63.3 Å². The van der Waals surface area contributed by atoms with Crippen molar-refractivity contribution in [3.05, 3.63) is 0 Å². The number of aliphatic hydroxyl groups is 1. The SMILES string of the molecule is CC1(O)CCC[C@H]2CC3C[C@@]21CCC31OCCO1. The first-order valence-corrected chi connectivity index (χ1v) is 7.58. The fourth-order valence-electron chi connectivity index (χ4n) is 5.62. The Kier molecular flexibility index (Phi) is 2.27. The molecule has 4 fully saturated rings. The van der Waals surface area contributed by atoms with Crippen LogP contribution in [0.5, 0.6) is 0 Å². The number of hydrogen-bond acceptors (Lipinski definition) is 3. The van der Waals surface area contributed by atoms with Gasteiger partial charge in [0.25, 0.3) is 0 Å². The van der Waals surface area contributed by atoms with Crippen LogP contribution in [0.1, 0.15) is 51.9 Å². The molecule has 3 heteroatoms. The maximum Gasteiger partial charge on any atom is 0.171 e. The molecule has 1 saturated heterocycles. The summed E-state index contributed by atoms with van der Waals surface area (Å²) < 4.78 is 12.0. The molecule has 3 nitrogen and oxygen atoms in total. The van der Waals surface area contributed by atoms with Crippen LogP contribution in [-0.4, -0.2) is 29.7 Å². The molecule has 2 bridgehead atoms. The van der Waals surface area contributed by atoms with Gasteiger partial charge in [0, 0.05) is 17.8 Å². The Morgan fingerprint density at radius 1 is 1.06 bits per heavy atom. The van der Waals surface area contributed by atoms with Gasteiger partial charge in [-0.25, -0.2) is 0 Å². The van der Waals surface area contributed by atoms with Crippen molar-refractivity contribution in [2.75, 3.05) is 13.2 Å². The smallest absolute Gasteiger partial charge is 0.171 e. The minimum atomic E-state index is -0.467. The highest BCUT2D eigenvalue weighted by molar-refractivity contribution is 5.14. The highest BCUT2D eigenvalue weighted by Gasteiger charge is 2.66. The van der Waals surface area contributed by atoms with Gasteiger partial charge in [0.15, 0.2) is 5.79 Å². The van der Waals surface area contributed by atoms with Crippen LogP contribution in [0.15, 0.2) is 0 Å². The minimum Gasteiger partial charge on any atom is -0.390 e. The van der Waals surface area contributed by atoms with E-state index in [9.17, 15) is 5.11 Å². The molecule has 3 aliphatic carbocycles. The highest BCUT2D eigenvalue weighted by atomic mass is 16.7. The molecular weight excluding hydrogens is 228 g/mol. The minimum absolute atomic E-state index is 0.163. The first-order valence-electron chi connectivity index (χ1n) is 7.58. The van der Waals surface area contributed by atoms with Crippen molar-refractivity contribution in [1.29, 1.82) is 0 Å². The van der Waals surface area contributed by atoms with Crippen molar-refractivity contribution >= 4 is 0 Å². The largest absolute Gasteiger partial charge is 0.390 e. The lowest BCUT2D eigenvalue weighted by Gasteiger charge is -2.53. The molecule has 0 radical (unpaired) electrons. The van der Waals surface area contributed by atoms with E-state index >= 15 is 0 Å². The van der Waals surface area contributed by atoms with Gasteiger partial charge in [-0.2, -0.15) is 0 Å². The lowest BCUT2D eigenvalue weighted by molar-refractivity contribution is -0.231. The standard InChI is InChI=1S/C15H24O3/c1-13(16)4-2-3-11-9-12-10-14(11,13)5-6-15(12)17-7-8-18-15/h11-12,16H,2-10H2,1H3/t11-,12?,13?,14-/m0/s1. The van der Waals surface area contributed by atoms with Gasteiger partial charge in [-0.05, 0) is 44.9 Å². The van der Waals surface area contributed by atoms with Gasteiger partial charge in [0.2, 0.25) is 0 Å². The summed E-state index contributed by atoms with van der Waals surface area (Å²) in [6, 6.07) is 0. The van der Waals surface area contributed by atoms with Crippen LogP contribution in [0, 0.1) is 17.3 Å². The normalized spacial score (nSPS) is 53.7. The Morgan fingerprint density at radius 2 is 1.83 bits per heavy atom. The number of ether oxygens (including phenoxy) is 2. The summed E-state index contributed by atoms with van der Waals surface area (Å²) in [5, 5.41) is 10.9. The molecule has 0 aromatic carbocycles. The second-order valence-electron chi connectivity index (χ2n) is 7.16. The first-order chi connectivity index (χ1) is 8.58. The average Bonchev–Trinajstić information content (AvgIpc) is 2.89. The quantitative estimate of drug-likeness (QED) is 0.720. The molecule has 102 valence electrons. The fourth-order valence-corrected chi connectivity index (χ4v) is 5.62. The predicted molar refractivity (Wildman–Crippen MR) is 67.0 cm³/mol. The number of rotatable bonds is 0. The maximum atomic E-state index is 10.9. The third-order valence-electron chi connectivity index (χ3n) is 6.57. The van der Waals surface area contributed by atoms with Crippen LogP contribution in [-0.2, 0) is 9.47 Å². The Labute approximate surface area is 109 Å². The summed E-state index contributed by atoms with van der Waals surface area (Å²) in [5.41, 5.74) is -0.304. The number of hydrogen-bond donors (Lipinski definition) is 1. The van der Waals surface area contributed by atoms with Gasteiger partial charge in [-0.3, -0.25) is 0 Å². The van der Waals surface area contributed by atoms with E-state index in [0.29, 0.717) is 11.8 Å². The van der Waals surface area contributed by atoms with Gasteiger partial charge in [-0.15, -0.1) is 0 Å². The fraction of sp³-hybridized carbons (Fsp3) is 1.00. The molecule has 1 N–H and O–H groups in total. The highest BCUT2D eigenvalue weighted by Crippen LogP contribution is 2.67. The molecule has 0 aromatic heterocycles. The van der Waals surface area contributed by atoms with E-state index in [-0.39, 0.29) is 11.2 Å². The van der Waals surface area contributed by atoms with Crippen molar-refractivity contribution in [2.24, 2.45) is 17.3 Å². The van der Waals surface area contributed by atoms with Crippen LogP contribution < -0.4 is 0 Å². The first kappa shape index (κ1) is 11.7. The lowest BCUT2D eigenvalue weighted by atomic mass is 9.56. The van der Waals surface area contributed by atoms with E-state index in [0.717, 1.165) is 38.9 Å². The molecule has 0 aromatic rings. The summed E-state index contributed by atoms with van der Waals surface area (Å²) in [7, 11) is 0. The summed E-state index contributed by atoms with van der Waals surface area (Å²) >= 11 is 0. The third-order valence-corrected chi connectivity index (χ3v) is 6.57. The van der Waals surface area contributed by atoms with Crippen molar-refractivity contribution in [3.63, 3.8) is 0 Å². The summed E-state index contributed by atoms with van der Waals surface area (Å²) in [6.45, 7) is 3.59. The topological polar surface area (TPSA) is 38.7 Å². The second-order valence-corrected chi connectivity index (χ2v) is 7.16. The van der Waals surface area contributed by atoms with Crippen LogP contribution in [0.2, 0.25) is 0 Å². The van der Waals surface area contributed by atoms with Crippen molar-refractivity contribution < 1.29 is 14.6 Å². The van der Waals surface area contributed by atoms with Crippen LogP contribution >= 0.6 is 0 Å². The molecule has 1 heterocycles. The predicted octanol–water partition coefficient (Wildman–Crippen LogP) is 2.47. The average molecular weight is 252 g/mol. The Bertz CT molecular complexity index is 359.